The van der Waals surface area contributed by atoms with Crippen LogP contribution < -0.4 is 4.72 Å². The van der Waals surface area contributed by atoms with E-state index in [1.807, 2.05) is 20.8 Å². The molecular formula is C19H24F3N3O2S. The normalized spacial score (nSPS) is 16.5. The van der Waals surface area contributed by atoms with Crippen molar-refractivity contribution in [1.82, 2.24) is 9.78 Å². The monoisotopic (exact) mass is 415 g/mol. The maximum atomic E-state index is 13.0. The molecule has 0 saturated heterocycles. The summed E-state index contributed by atoms with van der Waals surface area (Å²) >= 11 is 0. The molecule has 1 saturated carbocycles. The molecule has 3 rings (SSSR count). The van der Waals surface area contributed by atoms with Crippen molar-refractivity contribution in [2.24, 2.45) is 0 Å². The summed E-state index contributed by atoms with van der Waals surface area (Å²) in [7, 11) is -4.00. The summed E-state index contributed by atoms with van der Waals surface area (Å²) in [5.74, 6) is 0. The van der Waals surface area contributed by atoms with Crippen molar-refractivity contribution in [2.75, 3.05) is 4.72 Å². The van der Waals surface area contributed by atoms with Gasteiger partial charge in [0, 0.05) is 17.3 Å². The summed E-state index contributed by atoms with van der Waals surface area (Å²) in [4.78, 5) is 0.0618. The van der Waals surface area contributed by atoms with E-state index >= 15 is 0 Å². The molecule has 1 aliphatic rings. The minimum atomic E-state index is -4.47. The Kier molecular flexibility index (Phi) is 5.24. The zero-order chi connectivity index (χ0) is 20.7. The Morgan fingerprint density at radius 1 is 1.07 bits per heavy atom. The van der Waals surface area contributed by atoms with Gasteiger partial charge in [-0.3, -0.25) is 9.40 Å². The molecular weight excluding hydrogens is 391 g/mol. The molecule has 0 radical (unpaired) electrons. The lowest BCUT2D eigenvalue weighted by atomic mass is 9.92. The molecule has 1 N–H and O–H groups in total. The number of sulfonamides is 1. The second kappa shape index (κ2) is 7.09. The highest BCUT2D eigenvalue weighted by atomic mass is 32.2. The van der Waals surface area contributed by atoms with E-state index in [9.17, 15) is 21.6 Å². The van der Waals surface area contributed by atoms with Crippen molar-refractivity contribution < 1.29 is 21.6 Å². The predicted octanol–water partition coefficient (Wildman–Crippen LogP) is 5.12. The number of nitrogens with zero attached hydrogens (tertiary/aromatic N) is 2. The summed E-state index contributed by atoms with van der Waals surface area (Å²) in [5.41, 5.74) is -0.825. The van der Waals surface area contributed by atoms with Crippen molar-refractivity contribution in [1.29, 1.82) is 0 Å². The zero-order valence-electron chi connectivity index (χ0n) is 16.0. The lowest BCUT2D eigenvalue weighted by Gasteiger charge is -2.18. The first-order valence-electron chi connectivity index (χ1n) is 9.18. The molecule has 0 aliphatic heterocycles. The Morgan fingerprint density at radius 3 is 2.14 bits per heavy atom. The number of hydrogen-bond acceptors (Lipinski definition) is 3. The first-order valence-corrected chi connectivity index (χ1v) is 10.7. The smallest absolute Gasteiger partial charge is 0.280 e. The van der Waals surface area contributed by atoms with E-state index in [2.05, 4.69) is 9.82 Å². The van der Waals surface area contributed by atoms with E-state index < -0.39 is 27.2 Å². The van der Waals surface area contributed by atoms with E-state index in [-0.39, 0.29) is 16.6 Å². The van der Waals surface area contributed by atoms with Gasteiger partial charge in [-0.25, -0.2) is 8.42 Å². The number of anilines is 1. The van der Waals surface area contributed by atoms with Gasteiger partial charge in [-0.15, -0.1) is 0 Å². The zero-order valence-corrected chi connectivity index (χ0v) is 16.9. The van der Waals surface area contributed by atoms with Gasteiger partial charge in [-0.1, -0.05) is 33.6 Å². The maximum absolute atomic E-state index is 13.0. The van der Waals surface area contributed by atoms with Crippen LogP contribution in [0.1, 0.15) is 63.8 Å². The molecule has 0 spiro atoms. The SMILES string of the molecule is CC(C)(C)c1nn(C2CCCC2)cc1S(=O)(=O)Nc1ccc(C(F)(F)F)cc1. The number of hydrogen-bond donors (Lipinski definition) is 1. The largest absolute Gasteiger partial charge is 0.416 e. The highest BCUT2D eigenvalue weighted by molar-refractivity contribution is 7.92. The van der Waals surface area contributed by atoms with Crippen LogP contribution in [0.25, 0.3) is 0 Å². The van der Waals surface area contributed by atoms with Gasteiger partial charge in [-0.2, -0.15) is 18.3 Å². The van der Waals surface area contributed by atoms with Crippen LogP contribution in [0.4, 0.5) is 18.9 Å². The van der Waals surface area contributed by atoms with Crippen LogP contribution in [0, 0.1) is 0 Å². The van der Waals surface area contributed by atoms with Crippen LogP contribution in [-0.4, -0.2) is 18.2 Å². The fourth-order valence-electron chi connectivity index (χ4n) is 3.38. The van der Waals surface area contributed by atoms with Crippen LogP contribution in [-0.2, 0) is 21.6 Å². The van der Waals surface area contributed by atoms with Crippen molar-refractivity contribution >= 4 is 15.7 Å². The second-order valence-electron chi connectivity index (χ2n) is 8.19. The van der Waals surface area contributed by atoms with Gasteiger partial charge in [-0.05, 0) is 37.1 Å². The Hall–Kier alpha value is -2.03. The third-order valence-electron chi connectivity index (χ3n) is 4.86. The summed E-state index contributed by atoms with van der Waals surface area (Å²) in [6.07, 6.45) is 1.15. The van der Waals surface area contributed by atoms with Gasteiger partial charge in [0.2, 0.25) is 0 Å². The fourth-order valence-corrected chi connectivity index (χ4v) is 4.79. The topological polar surface area (TPSA) is 64.0 Å². The van der Waals surface area contributed by atoms with Crippen molar-refractivity contribution in [3.05, 3.63) is 41.7 Å². The number of alkyl halides is 3. The Labute approximate surface area is 163 Å². The highest BCUT2D eigenvalue weighted by Crippen LogP contribution is 2.35. The molecule has 0 bridgehead atoms. The second-order valence-corrected chi connectivity index (χ2v) is 9.84. The maximum Gasteiger partial charge on any atom is 0.416 e. The van der Waals surface area contributed by atoms with E-state index in [1.54, 1.807) is 10.9 Å². The molecule has 1 aromatic heterocycles. The Morgan fingerprint density at radius 2 is 1.64 bits per heavy atom. The summed E-state index contributed by atoms with van der Waals surface area (Å²) in [6.45, 7) is 5.64. The first kappa shape index (κ1) is 20.7. The molecule has 0 amide bonds. The van der Waals surface area contributed by atoms with Crippen LogP contribution in [0.15, 0.2) is 35.4 Å². The number of benzene rings is 1. The van der Waals surface area contributed by atoms with E-state index in [4.69, 9.17) is 0 Å². The van der Waals surface area contributed by atoms with Gasteiger partial charge in [0.25, 0.3) is 10.0 Å². The number of nitrogens with one attached hydrogen (secondary N) is 1. The minimum absolute atomic E-state index is 0.0618. The molecule has 0 atom stereocenters. The molecule has 154 valence electrons. The average Bonchev–Trinajstić information content (AvgIpc) is 3.23. The third kappa shape index (κ3) is 4.34. The number of halogens is 3. The molecule has 1 aromatic carbocycles. The molecule has 2 aromatic rings. The quantitative estimate of drug-likeness (QED) is 0.754. The number of rotatable bonds is 4. The molecule has 5 nitrogen and oxygen atoms in total. The average molecular weight is 415 g/mol. The summed E-state index contributed by atoms with van der Waals surface area (Å²) in [5, 5.41) is 4.57. The van der Waals surface area contributed by atoms with E-state index in [1.165, 1.54) is 0 Å². The number of aromatic nitrogens is 2. The third-order valence-corrected chi connectivity index (χ3v) is 6.24. The molecule has 28 heavy (non-hydrogen) atoms. The van der Waals surface area contributed by atoms with Crippen LogP contribution in [0.5, 0.6) is 0 Å². The summed E-state index contributed by atoms with van der Waals surface area (Å²) in [6, 6.07) is 4.10. The highest BCUT2D eigenvalue weighted by Gasteiger charge is 2.33. The van der Waals surface area contributed by atoms with E-state index in [0.717, 1.165) is 49.9 Å². The molecule has 1 aliphatic carbocycles. The van der Waals surface area contributed by atoms with Crippen molar-refractivity contribution in [3.63, 3.8) is 0 Å². The fraction of sp³-hybridized carbons (Fsp3) is 0.526. The Bertz CT molecular complexity index is 936. The molecule has 0 unspecified atom stereocenters. The van der Waals surface area contributed by atoms with Crippen LogP contribution >= 0.6 is 0 Å². The minimum Gasteiger partial charge on any atom is -0.280 e. The van der Waals surface area contributed by atoms with Crippen LogP contribution in [0.3, 0.4) is 0 Å². The van der Waals surface area contributed by atoms with Gasteiger partial charge in [0.05, 0.1) is 17.3 Å². The molecule has 9 heteroatoms. The molecule has 1 heterocycles. The van der Waals surface area contributed by atoms with Gasteiger partial charge in [0.15, 0.2) is 0 Å². The Balaban J connectivity index is 1.94. The van der Waals surface area contributed by atoms with Crippen LogP contribution in [0.2, 0.25) is 0 Å². The van der Waals surface area contributed by atoms with Gasteiger partial charge in [0.1, 0.15) is 4.90 Å². The first-order chi connectivity index (χ1) is 12.9. The standard InChI is InChI=1S/C19H24F3N3O2S/c1-18(2,3)17-16(12-25(23-17)15-6-4-5-7-15)28(26,27)24-14-10-8-13(9-11-14)19(20,21)22/h8-12,15,24H,4-7H2,1-3H3. The molecule has 1 fully saturated rings. The predicted molar refractivity (Wildman–Crippen MR) is 101 cm³/mol. The van der Waals surface area contributed by atoms with Crippen molar-refractivity contribution in [2.45, 2.75) is 69.0 Å². The van der Waals surface area contributed by atoms with E-state index in [0.29, 0.717) is 5.69 Å². The lowest BCUT2D eigenvalue weighted by Crippen LogP contribution is -2.20. The summed E-state index contributed by atoms with van der Waals surface area (Å²) < 4.78 is 68.2. The van der Waals surface area contributed by atoms with Crippen molar-refractivity contribution in [3.8, 4) is 0 Å². The van der Waals surface area contributed by atoms with Gasteiger partial charge >= 0.3 is 6.18 Å². The van der Waals surface area contributed by atoms with Gasteiger partial charge < -0.3 is 0 Å². The lowest BCUT2D eigenvalue weighted by molar-refractivity contribution is -0.137.